The summed E-state index contributed by atoms with van der Waals surface area (Å²) in [5.74, 6) is 2.49. The number of nitrogens with zero attached hydrogens (tertiary/aromatic N) is 1. The topological polar surface area (TPSA) is 38.5 Å². The van der Waals surface area contributed by atoms with Gasteiger partial charge in [-0.1, -0.05) is 12.1 Å². The molecular formula is C17H27ClN2O. The van der Waals surface area contributed by atoms with Crippen molar-refractivity contribution in [2.45, 2.75) is 38.8 Å². The first-order valence-electron chi connectivity index (χ1n) is 7.90. The number of halogens is 1. The molecule has 2 fully saturated rings. The molecule has 1 aromatic carbocycles. The number of nitrogens with two attached hydrogens (primary N) is 1. The molecule has 0 aromatic heterocycles. The standard InChI is InChI=1S/C17H26N2O.ClH/c1-13-8-16(9-18)11-19(13)10-14-4-6-17(7-5-14)20-12-15-2-3-15;/h4-7,13,15-16H,2-3,8-12,18H2,1H3;1H. The van der Waals surface area contributed by atoms with E-state index in [9.17, 15) is 0 Å². The maximum absolute atomic E-state index is 5.79. The van der Waals surface area contributed by atoms with E-state index in [0.717, 1.165) is 37.9 Å². The van der Waals surface area contributed by atoms with Crippen molar-refractivity contribution in [3.8, 4) is 5.75 Å². The lowest BCUT2D eigenvalue weighted by Gasteiger charge is -2.21. The third-order valence-electron chi connectivity index (χ3n) is 4.62. The van der Waals surface area contributed by atoms with Crippen molar-refractivity contribution >= 4 is 12.4 Å². The van der Waals surface area contributed by atoms with Crippen LogP contribution in [-0.4, -0.2) is 30.6 Å². The van der Waals surface area contributed by atoms with Gasteiger partial charge in [0.05, 0.1) is 6.61 Å². The summed E-state index contributed by atoms with van der Waals surface area (Å²) < 4.78 is 5.78. The molecule has 4 heteroatoms. The van der Waals surface area contributed by atoms with Crippen LogP contribution in [0.2, 0.25) is 0 Å². The van der Waals surface area contributed by atoms with Crippen molar-refractivity contribution in [2.24, 2.45) is 17.6 Å². The first-order valence-corrected chi connectivity index (χ1v) is 7.90. The first kappa shape index (κ1) is 16.6. The molecule has 0 bridgehead atoms. The predicted molar refractivity (Wildman–Crippen MR) is 88.9 cm³/mol. The quantitative estimate of drug-likeness (QED) is 0.877. The first-order chi connectivity index (χ1) is 9.74. The van der Waals surface area contributed by atoms with Crippen molar-refractivity contribution in [1.29, 1.82) is 0 Å². The van der Waals surface area contributed by atoms with Crippen LogP contribution >= 0.6 is 12.4 Å². The zero-order chi connectivity index (χ0) is 13.9. The molecule has 2 atom stereocenters. The molecule has 0 amide bonds. The Hall–Kier alpha value is -0.770. The van der Waals surface area contributed by atoms with E-state index < -0.39 is 0 Å². The van der Waals surface area contributed by atoms with Gasteiger partial charge in [0.15, 0.2) is 0 Å². The highest BCUT2D eigenvalue weighted by molar-refractivity contribution is 5.85. The average molecular weight is 311 g/mol. The molecule has 21 heavy (non-hydrogen) atoms. The molecule has 118 valence electrons. The van der Waals surface area contributed by atoms with Gasteiger partial charge in [-0.2, -0.15) is 0 Å². The Bertz CT molecular complexity index is 433. The maximum Gasteiger partial charge on any atom is 0.119 e. The van der Waals surface area contributed by atoms with Gasteiger partial charge in [-0.25, -0.2) is 0 Å². The Kier molecular flexibility index (Phi) is 5.91. The number of hydrogen-bond acceptors (Lipinski definition) is 3. The summed E-state index contributed by atoms with van der Waals surface area (Å²) in [6, 6.07) is 9.27. The Morgan fingerprint density at radius 3 is 2.48 bits per heavy atom. The van der Waals surface area contributed by atoms with E-state index in [1.54, 1.807) is 0 Å². The van der Waals surface area contributed by atoms with Crippen molar-refractivity contribution in [1.82, 2.24) is 4.90 Å². The molecule has 0 radical (unpaired) electrons. The van der Waals surface area contributed by atoms with E-state index in [-0.39, 0.29) is 12.4 Å². The van der Waals surface area contributed by atoms with Gasteiger partial charge in [0.25, 0.3) is 0 Å². The number of hydrogen-bond donors (Lipinski definition) is 1. The zero-order valence-electron chi connectivity index (χ0n) is 12.8. The fourth-order valence-corrected chi connectivity index (χ4v) is 3.03. The molecule has 1 saturated carbocycles. The summed E-state index contributed by atoms with van der Waals surface area (Å²) in [5.41, 5.74) is 7.16. The summed E-state index contributed by atoms with van der Waals surface area (Å²) in [5, 5.41) is 0. The van der Waals surface area contributed by atoms with E-state index >= 15 is 0 Å². The van der Waals surface area contributed by atoms with Gasteiger partial charge in [0.1, 0.15) is 5.75 Å². The fraction of sp³-hybridized carbons (Fsp3) is 0.647. The maximum atomic E-state index is 5.79. The van der Waals surface area contributed by atoms with E-state index in [1.807, 2.05) is 0 Å². The van der Waals surface area contributed by atoms with Crippen LogP contribution in [-0.2, 0) is 6.54 Å². The summed E-state index contributed by atoms with van der Waals surface area (Å²) in [7, 11) is 0. The van der Waals surface area contributed by atoms with Crippen molar-refractivity contribution in [3.63, 3.8) is 0 Å². The molecule has 3 nitrogen and oxygen atoms in total. The van der Waals surface area contributed by atoms with Crippen LogP contribution < -0.4 is 10.5 Å². The van der Waals surface area contributed by atoms with Crippen LogP contribution in [0.1, 0.15) is 31.7 Å². The molecular weight excluding hydrogens is 284 g/mol. The van der Waals surface area contributed by atoms with Gasteiger partial charge in [-0.05, 0) is 62.3 Å². The van der Waals surface area contributed by atoms with Crippen LogP contribution in [0.3, 0.4) is 0 Å². The van der Waals surface area contributed by atoms with Crippen LogP contribution in [0.15, 0.2) is 24.3 Å². The highest BCUT2D eigenvalue weighted by atomic mass is 35.5. The van der Waals surface area contributed by atoms with Gasteiger partial charge in [0.2, 0.25) is 0 Å². The minimum absolute atomic E-state index is 0. The molecule has 1 saturated heterocycles. The lowest BCUT2D eigenvalue weighted by molar-refractivity contribution is 0.255. The monoisotopic (exact) mass is 310 g/mol. The molecule has 2 aliphatic rings. The Labute approximate surface area is 134 Å². The third kappa shape index (κ3) is 4.60. The number of benzene rings is 1. The number of likely N-dealkylation sites (tertiary alicyclic amines) is 1. The van der Waals surface area contributed by atoms with Crippen LogP contribution in [0, 0.1) is 11.8 Å². The van der Waals surface area contributed by atoms with Crippen molar-refractivity contribution < 1.29 is 4.74 Å². The normalized spacial score (nSPS) is 25.6. The average Bonchev–Trinajstić information content (AvgIpc) is 3.23. The van der Waals surface area contributed by atoms with Gasteiger partial charge >= 0.3 is 0 Å². The molecule has 2 unspecified atom stereocenters. The molecule has 1 aliphatic carbocycles. The van der Waals surface area contributed by atoms with Gasteiger partial charge in [-0.3, -0.25) is 4.90 Å². The largest absolute Gasteiger partial charge is 0.493 e. The molecule has 2 N–H and O–H groups in total. The lowest BCUT2D eigenvalue weighted by atomic mass is 10.1. The predicted octanol–water partition coefficient (Wildman–Crippen LogP) is 3.07. The van der Waals surface area contributed by atoms with Gasteiger partial charge in [-0.15, -0.1) is 12.4 Å². The van der Waals surface area contributed by atoms with E-state index in [4.69, 9.17) is 10.5 Å². The molecule has 1 heterocycles. The van der Waals surface area contributed by atoms with Gasteiger partial charge in [0, 0.05) is 19.1 Å². The van der Waals surface area contributed by atoms with Crippen LogP contribution in [0.25, 0.3) is 0 Å². The molecule has 0 spiro atoms. The SMILES string of the molecule is CC1CC(CN)CN1Cc1ccc(OCC2CC2)cc1.Cl. The van der Waals surface area contributed by atoms with Crippen LogP contribution in [0.4, 0.5) is 0 Å². The molecule has 3 rings (SSSR count). The minimum atomic E-state index is 0. The van der Waals surface area contributed by atoms with E-state index in [1.165, 1.54) is 24.8 Å². The number of rotatable bonds is 6. The fourth-order valence-electron chi connectivity index (χ4n) is 3.03. The van der Waals surface area contributed by atoms with Crippen LogP contribution in [0.5, 0.6) is 5.75 Å². The lowest BCUT2D eigenvalue weighted by Crippen LogP contribution is -2.27. The second kappa shape index (κ2) is 7.48. The summed E-state index contributed by atoms with van der Waals surface area (Å²) in [4.78, 5) is 2.54. The molecule has 1 aromatic rings. The summed E-state index contributed by atoms with van der Waals surface area (Å²) in [6.45, 7) is 6.18. The van der Waals surface area contributed by atoms with E-state index in [2.05, 4.69) is 36.1 Å². The summed E-state index contributed by atoms with van der Waals surface area (Å²) >= 11 is 0. The molecule has 1 aliphatic heterocycles. The van der Waals surface area contributed by atoms with Crippen molar-refractivity contribution in [3.05, 3.63) is 29.8 Å². The van der Waals surface area contributed by atoms with Crippen molar-refractivity contribution in [2.75, 3.05) is 19.7 Å². The highest BCUT2D eigenvalue weighted by Crippen LogP contribution is 2.30. The zero-order valence-corrected chi connectivity index (χ0v) is 13.6. The highest BCUT2D eigenvalue weighted by Gasteiger charge is 2.27. The Balaban J connectivity index is 0.00000161. The Morgan fingerprint density at radius 1 is 1.19 bits per heavy atom. The van der Waals surface area contributed by atoms with E-state index in [0.29, 0.717) is 12.0 Å². The second-order valence-corrected chi connectivity index (χ2v) is 6.51. The van der Waals surface area contributed by atoms with Gasteiger partial charge < -0.3 is 10.5 Å². The number of ether oxygens (including phenoxy) is 1. The smallest absolute Gasteiger partial charge is 0.119 e. The minimum Gasteiger partial charge on any atom is -0.493 e. The second-order valence-electron chi connectivity index (χ2n) is 6.51. The summed E-state index contributed by atoms with van der Waals surface area (Å²) in [6.07, 6.45) is 3.92. The third-order valence-corrected chi connectivity index (χ3v) is 4.62. The Morgan fingerprint density at radius 2 is 1.90 bits per heavy atom.